The van der Waals surface area contributed by atoms with Crippen molar-refractivity contribution in [1.82, 2.24) is 0 Å². The van der Waals surface area contributed by atoms with Crippen molar-refractivity contribution >= 4 is 34.8 Å². The Morgan fingerprint density at radius 2 is 1.85 bits per heavy atom. The summed E-state index contributed by atoms with van der Waals surface area (Å²) >= 11 is 18.1. The molecule has 1 aliphatic rings. The van der Waals surface area contributed by atoms with Crippen LogP contribution in [-0.2, 0) is 0 Å². The molecule has 0 aromatic rings. The lowest BCUT2D eigenvalue weighted by atomic mass is 9.76. The summed E-state index contributed by atoms with van der Waals surface area (Å²) in [5.41, 5.74) is 0. The van der Waals surface area contributed by atoms with Gasteiger partial charge in [-0.1, -0.05) is 19.8 Å². The average Bonchev–Trinajstić information content (AvgIpc) is 2.17. The maximum atomic E-state index is 6.39. The second-order valence-corrected chi connectivity index (χ2v) is 5.56. The summed E-state index contributed by atoms with van der Waals surface area (Å²) in [5, 5.41) is 0. The molecule has 1 aliphatic carbocycles. The van der Waals surface area contributed by atoms with E-state index in [-0.39, 0.29) is 4.87 Å². The number of hydrogen-bond acceptors (Lipinski definition) is 0. The standard InChI is InChI=1S/C10H17Cl3/c1-8-3-2-4-9(5-8)10(13,6-11)7-12/h8-9H,2-7H2,1H3. The summed E-state index contributed by atoms with van der Waals surface area (Å²) in [6.07, 6.45) is 4.97. The van der Waals surface area contributed by atoms with Crippen LogP contribution in [0.5, 0.6) is 0 Å². The maximum Gasteiger partial charge on any atom is 0.0744 e. The van der Waals surface area contributed by atoms with Crippen LogP contribution in [0.25, 0.3) is 0 Å². The van der Waals surface area contributed by atoms with Crippen LogP contribution < -0.4 is 0 Å². The molecular weight excluding hydrogens is 226 g/mol. The molecule has 2 unspecified atom stereocenters. The summed E-state index contributed by atoms with van der Waals surface area (Å²) in [6, 6.07) is 0. The van der Waals surface area contributed by atoms with Gasteiger partial charge in [0.25, 0.3) is 0 Å². The molecule has 0 aromatic heterocycles. The molecule has 2 atom stereocenters. The van der Waals surface area contributed by atoms with Crippen molar-refractivity contribution in [2.75, 3.05) is 11.8 Å². The largest absolute Gasteiger partial charge is 0.125 e. The fraction of sp³-hybridized carbons (Fsp3) is 1.00. The van der Waals surface area contributed by atoms with Crippen LogP contribution in [0.3, 0.4) is 0 Å². The molecule has 0 radical (unpaired) electrons. The SMILES string of the molecule is CC1CCCC(C(Cl)(CCl)CCl)C1. The third-order valence-electron chi connectivity index (χ3n) is 3.11. The fourth-order valence-electron chi connectivity index (χ4n) is 2.16. The fourth-order valence-corrected chi connectivity index (χ4v) is 3.08. The van der Waals surface area contributed by atoms with Gasteiger partial charge >= 0.3 is 0 Å². The summed E-state index contributed by atoms with van der Waals surface area (Å²) in [6.45, 7) is 2.28. The highest BCUT2D eigenvalue weighted by Gasteiger charge is 2.37. The molecule has 0 amide bonds. The molecular formula is C10H17Cl3. The third-order valence-corrected chi connectivity index (χ3v) is 4.92. The Bertz CT molecular complexity index is 154. The highest BCUT2D eigenvalue weighted by Crippen LogP contribution is 2.40. The Kier molecular flexibility index (Phi) is 4.68. The number of hydrogen-bond donors (Lipinski definition) is 0. The Labute approximate surface area is 95.9 Å². The van der Waals surface area contributed by atoms with E-state index in [1.165, 1.54) is 25.7 Å². The van der Waals surface area contributed by atoms with E-state index in [0.717, 1.165) is 5.92 Å². The molecule has 0 bridgehead atoms. The normalized spacial score (nSPS) is 30.5. The lowest BCUT2D eigenvalue weighted by Crippen LogP contribution is -2.38. The number of halogens is 3. The zero-order chi connectivity index (χ0) is 9.90. The molecule has 0 heterocycles. The van der Waals surface area contributed by atoms with Gasteiger partial charge < -0.3 is 0 Å². The molecule has 1 rings (SSSR count). The monoisotopic (exact) mass is 242 g/mol. The second kappa shape index (κ2) is 5.09. The minimum absolute atomic E-state index is 0.363. The van der Waals surface area contributed by atoms with E-state index in [4.69, 9.17) is 34.8 Å². The molecule has 3 heteroatoms. The smallest absolute Gasteiger partial charge is 0.0744 e. The molecule has 78 valence electrons. The Balaban J connectivity index is 2.57. The van der Waals surface area contributed by atoms with Crippen molar-refractivity contribution in [2.24, 2.45) is 11.8 Å². The van der Waals surface area contributed by atoms with Gasteiger partial charge in [-0.05, 0) is 24.7 Å². The molecule has 0 aliphatic heterocycles. The van der Waals surface area contributed by atoms with Crippen LogP contribution in [0.15, 0.2) is 0 Å². The van der Waals surface area contributed by atoms with E-state index >= 15 is 0 Å². The van der Waals surface area contributed by atoms with E-state index in [1.54, 1.807) is 0 Å². The second-order valence-electron chi connectivity index (χ2n) is 4.27. The summed E-state index contributed by atoms with van der Waals surface area (Å²) in [5.74, 6) is 2.22. The Morgan fingerprint density at radius 1 is 1.23 bits per heavy atom. The van der Waals surface area contributed by atoms with Crippen LogP contribution in [-0.4, -0.2) is 16.6 Å². The lowest BCUT2D eigenvalue weighted by molar-refractivity contribution is 0.244. The lowest BCUT2D eigenvalue weighted by Gasteiger charge is -2.37. The third kappa shape index (κ3) is 2.91. The minimum atomic E-state index is -0.363. The van der Waals surface area contributed by atoms with E-state index in [9.17, 15) is 0 Å². The predicted octanol–water partition coefficient (Wildman–Crippen LogP) is 4.27. The van der Waals surface area contributed by atoms with Crippen molar-refractivity contribution in [3.05, 3.63) is 0 Å². The first-order valence-corrected chi connectivity index (χ1v) is 6.38. The zero-order valence-electron chi connectivity index (χ0n) is 8.03. The van der Waals surface area contributed by atoms with Gasteiger partial charge in [-0.15, -0.1) is 34.8 Å². The highest BCUT2D eigenvalue weighted by atomic mass is 35.5. The van der Waals surface area contributed by atoms with Crippen LogP contribution in [0.1, 0.15) is 32.6 Å². The number of rotatable bonds is 3. The predicted molar refractivity (Wildman–Crippen MR) is 61.1 cm³/mol. The van der Waals surface area contributed by atoms with Crippen LogP contribution in [0.2, 0.25) is 0 Å². The van der Waals surface area contributed by atoms with Gasteiger partial charge in [0.15, 0.2) is 0 Å². The van der Waals surface area contributed by atoms with Crippen molar-refractivity contribution in [2.45, 2.75) is 37.5 Å². The van der Waals surface area contributed by atoms with E-state index in [1.807, 2.05) is 0 Å². The summed E-state index contributed by atoms with van der Waals surface area (Å²) in [7, 11) is 0. The van der Waals surface area contributed by atoms with Crippen LogP contribution in [0, 0.1) is 11.8 Å². The number of alkyl halides is 3. The molecule has 0 spiro atoms. The average molecular weight is 244 g/mol. The molecule has 0 N–H and O–H groups in total. The maximum absolute atomic E-state index is 6.39. The van der Waals surface area contributed by atoms with Crippen molar-refractivity contribution in [1.29, 1.82) is 0 Å². The minimum Gasteiger partial charge on any atom is -0.125 e. The topological polar surface area (TPSA) is 0 Å². The van der Waals surface area contributed by atoms with Gasteiger partial charge in [0.1, 0.15) is 0 Å². The van der Waals surface area contributed by atoms with Crippen LogP contribution >= 0.6 is 34.8 Å². The summed E-state index contributed by atoms with van der Waals surface area (Å²) < 4.78 is 0. The Hall–Kier alpha value is 0.870. The van der Waals surface area contributed by atoms with E-state index in [2.05, 4.69) is 6.92 Å². The van der Waals surface area contributed by atoms with E-state index < -0.39 is 0 Å². The molecule has 1 saturated carbocycles. The van der Waals surface area contributed by atoms with Gasteiger partial charge in [-0.2, -0.15) is 0 Å². The first-order chi connectivity index (χ1) is 6.12. The molecule has 1 fully saturated rings. The molecule has 0 aromatic carbocycles. The van der Waals surface area contributed by atoms with E-state index in [0.29, 0.717) is 17.7 Å². The zero-order valence-corrected chi connectivity index (χ0v) is 10.3. The van der Waals surface area contributed by atoms with Crippen molar-refractivity contribution in [3.63, 3.8) is 0 Å². The molecule has 13 heavy (non-hydrogen) atoms. The quantitative estimate of drug-likeness (QED) is 0.650. The van der Waals surface area contributed by atoms with Gasteiger partial charge in [0, 0.05) is 11.8 Å². The molecule has 0 nitrogen and oxygen atoms in total. The van der Waals surface area contributed by atoms with Crippen molar-refractivity contribution < 1.29 is 0 Å². The highest BCUT2D eigenvalue weighted by molar-refractivity contribution is 6.35. The first kappa shape index (κ1) is 11.9. The van der Waals surface area contributed by atoms with Gasteiger partial charge in [0.2, 0.25) is 0 Å². The van der Waals surface area contributed by atoms with Gasteiger partial charge in [-0.3, -0.25) is 0 Å². The van der Waals surface area contributed by atoms with Gasteiger partial charge in [0.05, 0.1) is 4.87 Å². The summed E-state index contributed by atoms with van der Waals surface area (Å²) in [4.78, 5) is -0.363. The van der Waals surface area contributed by atoms with Crippen LogP contribution in [0.4, 0.5) is 0 Å². The molecule has 0 saturated heterocycles. The van der Waals surface area contributed by atoms with Crippen molar-refractivity contribution in [3.8, 4) is 0 Å². The van der Waals surface area contributed by atoms with Gasteiger partial charge in [-0.25, -0.2) is 0 Å². The first-order valence-electron chi connectivity index (χ1n) is 4.93. The Morgan fingerprint density at radius 3 is 2.31 bits per heavy atom.